The molecule has 1 atom stereocenters. The van der Waals surface area contributed by atoms with Gasteiger partial charge < -0.3 is 4.74 Å². The van der Waals surface area contributed by atoms with Crippen LogP contribution < -0.4 is 0 Å². The molecule has 0 bridgehead atoms. The van der Waals surface area contributed by atoms with Crippen molar-refractivity contribution in [2.75, 3.05) is 0 Å². The van der Waals surface area contributed by atoms with Crippen LogP contribution in [-0.4, -0.2) is 23.6 Å². The molecule has 0 N–H and O–H groups in total. The summed E-state index contributed by atoms with van der Waals surface area (Å²) in [6, 6.07) is 6.44. The Labute approximate surface area is 103 Å². The number of carbonyl (C=O) groups excluding carboxylic acids is 1. The summed E-state index contributed by atoms with van der Waals surface area (Å²) in [4.78, 5) is 11.2. The highest BCUT2D eigenvalue weighted by Gasteiger charge is 2.58. The molecule has 0 amide bonds. The largest absolute Gasteiger partial charge is 0.441 e. The minimum atomic E-state index is -5.46. The molecule has 18 heavy (non-hydrogen) atoms. The van der Waals surface area contributed by atoms with Crippen LogP contribution in [-0.2, 0) is 4.74 Å². The predicted molar refractivity (Wildman–Crippen MR) is 52.5 cm³/mol. The van der Waals surface area contributed by atoms with Gasteiger partial charge in [-0.2, -0.15) is 22.0 Å². The van der Waals surface area contributed by atoms with Crippen molar-refractivity contribution in [3.05, 3.63) is 35.9 Å². The topological polar surface area (TPSA) is 26.3 Å². The highest BCUT2D eigenvalue weighted by Crippen LogP contribution is 2.37. The number of benzene rings is 1. The normalized spacial score (nSPS) is 14.1. The van der Waals surface area contributed by atoms with Crippen LogP contribution in [0.1, 0.15) is 10.4 Å². The van der Waals surface area contributed by atoms with E-state index in [0.717, 1.165) is 12.1 Å². The van der Waals surface area contributed by atoms with Gasteiger partial charge >= 0.3 is 17.5 Å². The fourth-order valence-electron chi connectivity index (χ4n) is 1.07. The average Bonchev–Trinajstić information content (AvgIpc) is 2.23. The molecule has 1 aromatic rings. The maximum absolute atomic E-state index is 12.5. The second-order valence-corrected chi connectivity index (χ2v) is 3.74. The lowest BCUT2D eigenvalue weighted by Gasteiger charge is -2.23. The third kappa shape index (κ3) is 3.83. The van der Waals surface area contributed by atoms with Crippen molar-refractivity contribution in [2.45, 2.75) is 17.7 Å². The van der Waals surface area contributed by atoms with Gasteiger partial charge in [-0.25, -0.2) is 4.79 Å². The van der Waals surface area contributed by atoms with Crippen molar-refractivity contribution in [2.24, 2.45) is 0 Å². The third-order valence-corrected chi connectivity index (χ3v) is 2.03. The number of halogens is 6. The molecule has 8 heteroatoms. The van der Waals surface area contributed by atoms with E-state index >= 15 is 0 Å². The lowest BCUT2D eigenvalue weighted by molar-refractivity contribution is -0.247. The smallest absolute Gasteiger partial charge is 0.432 e. The maximum atomic E-state index is 12.5. The molecule has 0 aliphatic heterocycles. The molecule has 0 aliphatic rings. The van der Waals surface area contributed by atoms with E-state index < -0.39 is 23.6 Å². The van der Waals surface area contributed by atoms with Crippen LogP contribution in [0.25, 0.3) is 0 Å². The summed E-state index contributed by atoms with van der Waals surface area (Å²) in [6.45, 7) is 0. The Balaban J connectivity index is 2.90. The van der Waals surface area contributed by atoms with Crippen LogP contribution in [0.4, 0.5) is 22.0 Å². The lowest BCUT2D eigenvalue weighted by Crippen LogP contribution is -2.45. The Morgan fingerprint density at radius 3 is 2.00 bits per heavy atom. The van der Waals surface area contributed by atoms with Crippen LogP contribution in [0, 0.1) is 0 Å². The molecule has 0 aliphatic carbocycles. The van der Waals surface area contributed by atoms with Crippen molar-refractivity contribution in [3.8, 4) is 0 Å². The monoisotopic (exact) mass is 288 g/mol. The van der Waals surface area contributed by atoms with Gasteiger partial charge in [0.15, 0.2) is 0 Å². The van der Waals surface area contributed by atoms with E-state index in [0.29, 0.717) is 0 Å². The number of carbonyl (C=O) groups is 1. The molecule has 100 valence electrons. The minimum Gasteiger partial charge on any atom is -0.441 e. The van der Waals surface area contributed by atoms with Crippen molar-refractivity contribution < 1.29 is 31.5 Å². The van der Waals surface area contributed by atoms with Crippen molar-refractivity contribution in [1.82, 2.24) is 0 Å². The minimum absolute atomic E-state index is 0.285. The first-order chi connectivity index (χ1) is 8.12. The molecule has 1 aromatic carbocycles. The molecular formula is C10H6ClF5O2. The van der Waals surface area contributed by atoms with Crippen LogP contribution in [0.15, 0.2) is 30.3 Å². The molecule has 0 radical (unpaired) electrons. The van der Waals surface area contributed by atoms with Gasteiger partial charge in [0, 0.05) is 0 Å². The molecule has 0 saturated heterocycles. The van der Waals surface area contributed by atoms with Crippen molar-refractivity contribution in [1.29, 1.82) is 0 Å². The summed E-state index contributed by atoms with van der Waals surface area (Å²) in [5, 5.41) is -4.73. The highest BCUT2D eigenvalue weighted by molar-refractivity contribution is 6.22. The number of esters is 1. The standard InChI is InChI=1S/C10H6ClF5O2/c11-9(12,13)8(10(14,15)16)18-7(17)6-4-2-1-3-5-6/h1-5,8H. The Bertz CT molecular complexity index is 399. The number of alkyl halides is 6. The Kier molecular flexibility index (Phi) is 4.16. The average molecular weight is 289 g/mol. The molecule has 0 fully saturated rings. The van der Waals surface area contributed by atoms with E-state index in [1.807, 2.05) is 0 Å². The summed E-state index contributed by atoms with van der Waals surface area (Å²) in [6.07, 6.45) is -9.16. The van der Waals surface area contributed by atoms with Gasteiger partial charge in [-0.3, -0.25) is 0 Å². The summed E-state index contributed by atoms with van der Waals surface area (Å²) in [5.41, 5.74) is -0.285. The van der Waals surface area contributed by atoms with Crippen LogP contribution in [0.5, 0.6) is 0 Å². The Hall–Kier alpha value is -1.37. The quantitative estimate of drug-likeness (QED) is 0.482. The van der Waals surface area contributed by atoms with E-state index in [2.05, 4.69) is 16.3 Å². The van der Waals surface area contributed by atoms with E-state index in [-0.39, 0.29) is 5.56 Å². The molecule has 0 heterocycles. The van der Waals surface area contributed by atoms with Gasteiger partial charge in [-0.05, 0) is 23.7 Å². The summed E-state index contributed by atoms with van der Waals surface area (Å²) < 4.78 is 65.5. The molecule has 2 nitrogen and oxygen atoms in total. The zero-order valence-electron chi connectivity index (χ0n) is 8.55. The summed E-state index contributed by atoms with van der Waals surface area (Å²) >= 11 is 4.28. The molecule has 1 unspecified atom stereocenters. The molecular weight excluding hydrogens is 283 g/mol. The zero-order valence-corrected chi connectivity index (χ0v) is 9.30. The first kappa shape index (κ1) is 14.7. The lowest BCUT2D eigenvalue weighted by atomic mass is 10.2. The van der Waals surface area contributed by atoms with Gasteiger partial charge in [0.05, 0.1) is 5.56 Å². The van der Waals surface area contributed by atoms with Crippen LogP contribution in [0.3, 0.4) is 0 Å². The third-order valence-electron chi connectivity index (χ3n) is 1.83. The van der Waals surface area contributed by atoms with Crippen molar-refractivity contribution in [3.63, 3.8) is 0 Å². The fraction of sp³-hybridized carbons (Fsp3) is 0.300. The highest BCUT2D eigenvalue weighted by atomic mass is 35.5. The number of hydrogen-bond acceptors (Lipinski definition) is 2. The van der Waals surface area contributed by atoms with Crippen LogP contribution >= 0.6 is 11.6 Å². The second kappa shape index (κ2) is 5.09. The number of hydrogen-bond donors (Lipinski definition) is 0. The second-order valence-electron chi connectivity index (χ2n) is 3.23. The first-order valence-electron chi connectivity index (χ1n) is 4.52. The van der Waals surface area contributed by atoms with E-state index in [4.69, 9.17) is 0 Å². The van der Waals surface area contributed by atoms with Crippen LogP contribution in [0.2, 0.25) is 0 Å². The van der Waals surface area contributed by atoms with E-state index in [1.54, 1.807) is 0 Å². The van der Waals surface area contributed by atoms with Gasteiger partial charge in [-0.1, -0.05) is 18.2 Å². The maximum Gasteiger partial charge on any atom is 0.432 e. The summed E-state index contributed by atoms with van der Waals surface area (Å²) in [5.74, 6) is -1.53. The Morgan fingerprint density at radius 1 is 1.11 bits per heavy atom. The van der Waals surface area contributed by atoms with E-state index in [1.165, 1.54) is 18.2 Å². The molecule has 0 aromatic heterocycles. The fourth-order valence-corrected chi connectivity index (χ4v) is 1.24. The van der Waals surface area contributed by atoms with E-state index in [9.17, 15) is 26.7 Å². The van der Waals surface area contributed by atoms with Crippen molar-refractivity contribution >= 4 is 17.6 Å². The van der Waals surface area contributed by atoms with Gasteiger partial charge in [0.25, 0.3) is 6.10 Å². The SMILES string of the molecule is O=C(OC(C(F)(F)F)C(F)(F)Cl)c1ccccc1. The molecule has 0 saturated carbocycles. The molecule has 1 rings (SSSR count). The summed E-state index contributed by atoms with van der Waals surface area (Å²) in [7, 11) is 0. The van der Waals surface area contributed by atoms with Gasteiger partial charge in [0.2, 0.25) is 0 Å². The first-order valence-corrected chi connectivity index (χ1v) is 4.89. The number of rotatable bonds is 3. The zero-order chi connectivity index (χ0) is 14.0. The van der Waals surface area contributed by atoms with Gasteiger partial charge in [-0.15, -0.1) is 0 Å². The predicted octanol–water partition coefficient (Wildman–Crippen LogP) is 3.61. The number of ether oxygens (including phenoxy) is 1. The Morgan fingerprint density at radius 2 is 1.61 bits per heavy atom. The molecule has 0 spiro atoms. The van der Waals surface area contributed by atoms with Gasteiger partial charge in [0.1, 0.15) is 0 Å².